The number of fused-ring (bicyclic) bond motifs is 1. The quantitative estimate of drug-likeness (QED) is 0.549. The minimum absolute atomic E-state index is 0.0362. The van der Waals surface area contributed by atoms with Crippen LogP contribution in [0.25, 0.3) is 10.9 Å². The molecule has 2 aromatic carbocycles. The van der Waals surface area contributed by atoms with Crippen molar-refractivity contribution in [3.8, 4) is 5.75 Å². The minimum atomic E-state index is -0.510. The summed E-state index contributed by atoms with van der Waals surface area (Å²) >= 11 is 0. The summed E-state index contributed by atoms with van der Waals surface area (Å²) in [5.74, 6) is 0.756. The first-order valence-electron chi connectivity index (χ1n) is 11.5. The zero-order valence-electron chi connectivity index (χ0n) is 19.3. The standard InChI is InChI=1S/C25H31BN2O4/c1-24(2)25(3,4)32-26(31-24)20-13-14-21-19(16-27-28(21)22-12-8-9-15-29-22)23(20)30-17-18-10-6-5-7-11-18/h5-7,10-11,13-14,16,22H,8-9,12,15,17H2,1-4H3/t22-/m0/s1. The van der Waals surface area contributed by atoms with E-state index in [1.54, 1.807) is 0 Å². The molecular weight excluding hydrogens is 403 g/mol. The molecule has 6 nitrogen and oxygen atoms in total. The summed E-state index contributed by atoms with van der Waals surface area (Å²) in [7, 11) is -0.510. The van der Waals surface area contributed by atoms with Gasteiger partial charge in [-0.2, -0.15) is 5.10 Å². The molecule has 0 N–H and O–H groups in total. The van der Waals surface area contributed by atoms with Crippen molar-refractivity contribution in [1.29, 1.82) is 0 Å². The summed E-state index contributed by atoms with van der Waals surface area (Å²) in [5.41, 5.74) is 2.14. The smallest absolute Gasteiger partial charge is 0.488 e. The monoisotopic (exact) mass is 434 g/mol. The molecule has 2 saturated heterocycles. The Morgan fingerprint density at radius 3 is 2.47 bits per heavy atom. The lowest BCUT2D eigenvalue weighted by Gasteiger charge is -2.32. The second kappa shape index (κ2) is 8.21. The van der Waals surface area contributed by atoms with Crippen molar-refractivity contribution in [2.24, 2.45) is 0 Å². The predicted octanol–water partition coefficient (Wildman–Crippen LogP) is 4.61. The van der Waals surface area contributed by atoms with Crippen LogP contribution >= 0.6 is 0 Å². The van der Waals surface area contributed by atoms with Crippen LogP contribution in [0.4, 0.5) is 0 Å². The molecule has 5 rings (SSSR count). The number of aromatic nitrogens is 2. The highest BCUT2D eigenvalue weighted by molar-refractivity contribution is 6.63. The highest BCUT2D eigenvalue weighted by atomic mass is 16.7. The third-order valence-corrected chi connectivity index (χ3v) is 6.92. The number of ether oxygens (including phenoxy) is 2. The first-order chi connectivity index (χ1) is 15.4. The predicted molar refractivity (Wildman–Crippen MR) is 125 cm³/mol. The molecule has 0 amide bonds. The highest BCUT2D eigenvalue weighted by Gasteiger charge is 2.52. The van der Waals surface area contributed by atoms with Gasteiger partial charge in [-0.3, -0.25) is 0 Å². The number of hydrogen-bond acceptors (Lipinski definition) is 5. The van der Waals surface area contributed by atoms with Crippen molar-refractivity contribution in [3.63, 3.8) is 0 Å². The van der Waals surface area contributed by atoms with Crippen LogP contribution in [0.3, 0.4) is 0 Å². The summed E-state index contributed by atoms with van der Waals surface area (Å²) in [6.45, 7) is 9.48. The maximum atomic E-state index is 6.43. The van der Waals surface area contributed by atoms with Crippen LogP contribution in [-0.4, -0.2) is 34.7 Å². The summed E-state index contributed by atoms with van der Waals surface area (Å²) in [5, 5.41) is 5.64. The molecule has 0 unspecified atom stereocenters. The van der Waals surface area contributed by atoms with Crippen molar-refractivity contribution < 1.29 is 18.8 Å². The van der Waals surface area contributed by atoms with E-state index < -0.39 is 18.3 Å². The number of benzene rings is 2. The molecule has 1 aromatic heterocycles. The van der Waals surface area contributed by atoms with Crippen LogP contribution in [0.15, 0.2) is 48.7 Å². The molecule has 0 aliphatic carbocycles. The zero-order chi connectivity index (χ0) is 22.3. The van der Waals surface area contributed by atoms with E-state index in [1.165, 1.54) is 0 Å². The SMILES string of the molecule is CC1(C)OB(c2ccc3c(cnn3[C@@H]3CCCCO3)c2OCc2ccccc2)OC1(C)C. The van der Waals surface area contributed by atoms with Crippen molar-refractivity contribution in [1.82, 2.24) is 9.78 Å². The lowest BCUT2D eigenvalue weighted by molar-refractivity contribution is -0.0366. The van der Waals surface area contributed by atoms with Gasteiger partial charge in [0.2, 0.25) is 0 Å². The Kier molecular flexibility index (Phi) is 5.52. The minimum Gasteiger partial charge on any atom is -0.488 e. The average molecular weight is 434 g/mol. The van der Waals surface area contributed by atoms with Gasteiger partial charge in [0.1, 0.15) is 12.4 Å². The Morgan fingerprint density at radius 2 is 1.78 bits per heavy atom. The van der Waals surface area contributed by atoms with Crippen molar-refractivity contribution in [3.05, 3.63) is 54.2 Å². The third-order valence-electron chi connectivity index (χ3n) is 6.92. The van der Waals surface area contributed by atoms with Gasteiger partial charge >= 0.3 is 7.12 Å². The van der Waals surface area contributed by atoms with Crippen LogP contribution < -0.4 is 10.2 Å². The lowest BCUT2D eigenvalue weighted by atomic mass is 9.77. The van der Waals surface area contributed by atoms with E-state index in [4.69, 9.17) is 18.8 Å². The van der Waals surface area contributed by atoms with Gasteiger partial charge in [0, 0.05) is 12.1 Å². The Labute approximate surface area is 189 Å². The van der Waals surface area contributed by atoms with Gasteiger partial charge in [-0.15, -0.1) is 0 Å². The van der Waals surface area contributed by atoms with E-state index in [1.807, 2.05) is 35.1 Å². The summed E-state index contributed by atoms with van der Waals surface area (Å²) in [6, 6.07) is 14.3. The molecule has 168 valence electrons. The summed E-state index contributed by atoms with van der Waals surface area (Å²) in [6.07, 6.45) is 5.06. The van der Waals surface area contributed by atoms with Gasteiger partial charge in [0.15, 0.2) is 6.23 Å². The second-order valence-electron chi connectivity index (χ2n) is 9.69. The van der Waals surface area contributed by atoms with Gasteiger partial charge < -0.3 is 18.8 Å². The molecule has 3 aromatic rings. The average Bonchev–Trinajstić information content (AvgIpc) is 3.31. The molecule has 3 heterocycles. The van der Waals surface area contributed by atoms with E-state index in [-0.39, 0.29) is 6.23 Å². The van der Waals surface area contributed by atoms with Crippen LogP contribution in [0, 0.1) is 0 Å². The maximum absolute atomic E-state index is 6.43. The second-order valence-corrected chi connectivity index (χ2v) is 9.69. The van der Waals surface area contributed by atoms with Crippen LogP contribution in [0.1, 0.15) is 58.7 Å². The van der Waals surface area contributed by atoms with E-state index in [2.05, 4.69) is 51.0 Å². The Hall–Kier alpha value is -2.35. The molecule has 2 fully saturated rings. The molecule has 0 saturated carbocycles. The molecule has 2 aliphatic rings. The zero-order valence-corrected chi connectivity index (χ0v) is 19.3. The van der Waals surface area contributed by atoms with Gasteiger partial charge in [0.25, 0.3) is 0 Å². The van der Waals surface area contributed by atoms with Crippen LogP contribution in [0.2, 0.25) is 0 Å². The lowest BCUT2D eigenvalue weighted by Crippen LogP contribution is -2.41. The Bertz CT molecular complexity index is 1070. The molecular formula is C25H31BN2O4. The van der Waals surface area contributed by atoms with E-state index >= 15 is 0 Å². The molecule has 0 bridgehead atoms. The highest BCUT2D eigenvalue weighted by Crippen LogP contribution is 2.38. The first-order valence-corrected chi connectivity index (χ1v) is 11.5. The van der Waals surface area contributed by atoms with E-state index in [0.717, 1.165) is 53.5 Å². The van der Waals surface area contributed by atoms with Gasteiger partial charge in [-0.05, 0) is 58.6 Å². The molecule has 7 heteroatoms. The van der Waals surface area contributed by atoms with Gasteiger partial charge in [0.05, 0.1) is 28.3 Å². The molecule has 0 radical (unpaired) electrons. The fourth-order valence-corrected chi connectivity index (χ4v) is 4.31. The van der Waals surface area contributed by atoms with Gasteiger partial charge in [-0.25, -0.2) is 4.68 Å². The van der Waals surface area contributed by atoms with E-state index in [0.29, 0.717) is 6.61 Å². The molecule has 32 heavy (non-hydrogen) atoms. The van der Waals surface area contributed by atoms with Crippen molar-refractivity contribution in [2.45, 2.75) is 71.0 Å². The molecule has 0 spiro atoms. The fraction of sp³-hybridized carbons (Fsp3) is 0.480. The summed E-state index contributed by atoms with van der Waals surface area (Å²) in [4.78, 5) is 0. The number of nitrogens with zero attached hydrogens (tertiary/aromatic N) is 2. The Morgan fingerprint density at radius 1 is 1.03 bits per heavy atom. The van der Waals surface area contributed by atoms with Crippen molar-refractivity contribution in [2.75, 3.05) is 6.61 Å². The topological polar surface area (TPSA) is 54.7 Å². The maximum Gasteiger partial charge on any atom is 0.498 e. The van der Waals surface area contributed by atoms with Crippen LogP contribution in [0.5, 0.6) is 5.75 Å². The Balaban J connectivity index is 1.55. The molecule has 2 aliphatic heterocycles. The number of rotatable bonds is 5. The van der Waals surface area contributed by atoms with Crippen LogP contribution in [-0.2, 0) is 20.7 Å². The number of hydrogen-bond donors (Lipinski definition) is 0. The third kappa shape index (κ3) is 3.83. The molecule has 1 atom stereocenters. The van der Waals surface area contributed by atoms with E-state index in [9.17, 15) is 0 Å². The van der Waals surface area contributed by atoms with Crippen molar-refractivity contribution >= 4 is 23.5 Å². The van der Waals surface area contributed by atoms with Gasteiger partial charge in [-0.1, -0.05) is 36.4 Å². The fourth-order valence-electron chi connectivity index (χ4n) is 4.31. The normalized spacial score (nSPS) is 22.4. The first kappa shape index (κ1) is 21.5. The summed E-state index contributed by atoms with van der Waals surface area (Å²) < 4.78 is 27.1. The largest absolute Gasteiger partial charge is 0.498 e.